The maximum absolute atomic E-state index is 11.8. The van der Waals surface area contributed by atoms with Gasteiger partial charge in [-0.2, -0.15) is 5.10 Å². The lowest BCUT2D eigenvalue weighted by Crippen LogP contribution is -2.54. The number of nitrogens with zero attached hydrogens (tertiary/aromatic N) is 5. The highest BCUT2D eigenvalue weighted by atomic mass is 127. The summed E-state index contributed by atoms with van der Waals surface area (Å²) in [7, 11) is 0. The summed E-state index contributed by atoms with van der Waals surface area (Å²) in [6.45, 7) is 11.4. The standard InChI is InChI=1S/C16H28N6O2.HI/c1-4-17-15(18-6-7-22-13-14(3)12-19-22)20-8-10-21(11-9-20)16(23)24-5-2;/h12-13H,4-11H2,1-3H3,(H,17,18);1H. The van der Waals surface area contributed by atoms with Crippen LogP contribution >= 0.6 is 24.0 Å². The number of nitrogens with one attached hydrogen (secondary N) is 1. The van der Waals surface area contributed by atoms with Gasteiger partial charge >= 0.3 is 6.09 Å². The minimum atomic E-state index is -0.229. The number of hydrogen-bond acceptors (Lipinski definition) is 4. The number of hydrogen-bond donors (Lipinski definition) is 1. The van der Waals surface area contributed by atoms with Gasteiger partial charge in [0.15, 0.2) is 5.96 Å². The van der Waals surface area contributed by atoms with E-state index in [1.807, 2.05) is 30.9 Å². The number of aliphatic imine (C=N–C) groups is 1. The third-order valence-electron chi connectivity index (χ3n) is 3.79. The minimum Gasteiger partial charge on any atom is -0.450 e. The van der Waals surface area contributed by atoms with Crippen molar-refractivity contribution in [3.05, 3.63) is 18.0 Å². The second-order valence-electron chi connectivity index (χ2n) is 5.69. The van der Waals surface area contributed by atoms with Crippen molar-refractivity contribution in [3.63, 3.8) is 0 Å². The smallest absolute Gasteiger partial charge is 0.409 e. The van der Waals surface area contributed by atoms with E-state index in [-0.39, 0.29) is 30.1 Å². The van der Waals surface area contributed by atoms with Crippen LogP contribution in [0.1, 0.15) is 19.4 Å². The molecule has 9 heteroatoms. The Labute approximate surface area is 166 Å². The molecule has 0 bridgehead atoms. The predicted octanol–water partition coefficient (Wildman–Crippen LogP) is 1.55. The van der Waals surface area contributed by atoms with Gasteiger partial charge in [0.25, 0.3) is 0 Å². The Kier molecular flexibility index (Phi) is 9.61. The number of aryl methyl sites for hydroxylation is 1. The molecule has 1 N–H and O–H groups in total. The molecule has 0 saturated carbocycles. The molecule has 0 unspecified atom stereocenters. The molecule has 0 atom stereocenters. The summed E-state index contributed by atoms with van der Waals surface area (Å²) in [6, 6.07) is 0. The molecular formula is C16H29IN6O2. The highest BCUT2D eigenvalue weighted by molar-refractivity contribution is 14.0. The van der Waals surface area contributed by atoms with Gasteiger partial charge in [-0.05, 0) is 26.3 Å². The van der Waals surface area contributed by atoms with Gasteiger partial charge < -0.3 is 19.9 Å². The van der Waals surface area contributed by atoms with Gasteiger partial charge in [0.2, 0.25) is 0 Å². The lowest BCUT2D eigenvalue weighted by molar-refractivity contribution is 0.0914. The second kappa shape index (κ2) is 11.2. The molecule has 0 aliphatic carbocycles. The molecule has 1 aliphatic rings. The Balaban J connectivity index is 0.00000312. The third-order valence-corrected chi connectivity index (χ3v) is 3.79. The average Bonchev–Trinajstić information content (AvgIpc) is 3.00. The van der Waals surface area contributed by atoms with E-state index in [1.54, 1.807) is 4.90 Å². The molecule has 0 radical (unpaired) electrons. The molecule has 1 aromatic rings. The first-order valence-corrected chi connectivity index (χ1v) is 8.58. The zero-order chi connectivity index (χ0) is 17.4. The minimum absolute atomic E-state index is 0. The summed E-state index contributed by atoms with van der Waals surface area (Å²) < 4.78 is 6.96. The zero-order valence-corrected chi connectivity index (χ0v) is 17.6. The summed E-state index contributed by atoms with van der Waals surface area (Å²) in [5.41, 5.74) is 1.15. The molecule has 1 aromatic heterocycles. The number of halogens is 1. The lowest BCUT2D eigenvalue weighted by atomic mass is 10.3. The van der Waals surface area contributed by atoms with Crippen LogP contribution in [-0.4, -0.2) is 77.5 Å². The van der Waals surface area contributed by atoms with E-state index in [4.69, 9.17) is 4.74 Å². The lowest BCUT2D eigenvalue weighted by Gasteiger charge is -2.35. The van der Waals surface area contributed by atoms with Gasteiger partial charge in [-0.15, -0.1) is 24.0 Å². The van der Waals surface area contributed by atoms with Crippen molar-refractivity contribution in [1.29, 1.82) is 0 Å². The number of guanidine groups is 1. The Morgan fingerprint density at radius 3 is 2.52 bits per heavy atom. The van der Waals surface area contributed by atoms with Crippen molar-refractivity contribution in [2.75, 3.05) is 45.9 Å². The van der Waals surface area contributed by atoms with Crippen LogP contribution in [0, 0.1) is 6.92 Å². The highest BCUT2D eigenvalue weighted by Gasteiger charge is 2.23. The van der Waals surface area contributed by atoms with Gasteiger partial charge in [-0.1, -0.05) is 0 Å². The Hall–Kier alpha value is -1.52. The number of piperazine rings is 1. The molecule has 142 valence electrons. The molecule has 1 saturated heterocycles. The first-order chi connectivity index (χ1) is 11.6. The molecule has 2 rings (SSSR count). The molecule has 1 amide bonds. The second-order valence-corrected chi connectivity index (χ2v) is 5.69. The van der Waals surface area contributed by atoms with Gasteiger partial charge in [0, 0.05) is 38.9 Å². The van der Waals surface area contributed by atoms with Crippen molar-refractivity contribution in [2.45, 2.75) is 27.3 Å². The van der Waals surface area contributed by atoms with Gasteiger partial charge in [-0.3, -0.25) is 9.67 Å². The fourth-order valence-electron chi connectivity index (χ4n) is 2.59. The van der Waals surface area contributed by atoms with Crippen LogP contribution in [0.4, 0.5) is 4.79 Å². The number of carbonyl (C=O) groups is 1. The number of rotatable bonds is 5. The van der Waals surface area contributed by atoms with E-state index >= 15 is 0 Å². The van der Waals surface area contributed by atoms with Gasteiger partial charge in [0.1, 0.15) is 0 Å². The van der Waals surface area contributed by atoms with Crippen molar-refractivity contribution >= 4 is 36.0 Å². The van der Waals surface area contributed by atoms with Crippen LogP contribution in [0.2, 0.25) is 0 Å². The van der Waals surface area contributed by atoms with E-state index in [2.05, 4.69) is 27.2 Å². The van der Waals surface area contributed by atoms with Crippen LogP contribution in [0.25, 0.3) is 0 Å². The van der Waals surface area contributed by atoms with Crippen molar-refractivity contribution in [2.24, 2.45) is 4.99 Å². The fourth-order valence-corrected chi connectivity index (χ4v) is 2.59. The van der Waals surface area contributed by atoms with Crippen LogP contribution in [0.15, 0.2) is 17.4 Å². The number of aromatic nitrogens is 2. The van der Waals surface area contributed by atoms with E-state index in [0.29, 0.717) is 26.2 Å². The first kappa shape index (κ1) is 21.5. The van der Waals surface area contributed by atoms with E-state index in [1.165, 1.54) is 0 Å². The Bertz CT molecular complexity index is 555. The third kappa shape index (κ3) is 6.71. The highest BCUT2D eigenvalue weighted by Crippen LogP contribution is 2.04. The number of carbonyl (C=O) groups excluding carboxylic acids is 1. The predicted molar refractivity (Wildman–Crippen MR) is 109 cm³/mol. The molecule has 2 heterocycles. The van der Waals surface area contributed by atoms with Gasteiger partial charge in [0.05, 0.1) is 25.9 Å². The summed E-state index contributed by atoms with van der Waals surface area (Å²) >= 11 is 0. The van der Waals surface area contributed by atoms with E-state index in [0.717, 1.165) is 37.7 Å². The zero-order valence-electron chi connectivity index (χ0n) is 15.3. The van der Waals surface area contributed by atoms with Crippen molar-refractivity contribution in [1.82, 2.24) is 24.9 Å². The topological polar surface area (TPSA) is 75.0 Å². The van der Waals surface area contributed by atoms with E-state index in [9.17, 15) is 4.79 Å². The summed E-state index contributed by atoms with van der Waals surface area (Å²) in [4.78, 5) is 20.4. The van der Waals surface area contributed by atoms with Gasteiger partial charge in [-0.25, -0.2) is 4.79 Å². The monoisotopic (exact) mass is 464 g/mol. The normalized spacial score (nSPS) is 14.9. The number of ether oxygens (including phenoxy) is 1. The fraction of sp³-hybridized carbons (Fsp3) is 0.688. The summed E-state index contributed by atoms with van der Waals surface area (Å²) in [5, 5.41) is 7.60. The maximum atomic E-state index is 11.8. The molecular weight excluding hydrogens is 435 g/mol. The molecule has 0 spiro atoms. The molecule has 0 aromatic carbocycles. The first-order valence-electron chi connectivity index (χ1n) is 8.58. The molecule has 25 heavy (non-hydrogen) atoms. The largest absolute Gasteiger partial charge is 0.450 e. The van der Waals surface area contributed by atoms with Crippen molar-refractivity contribution in [3.8, 4) is 0 Å². The number of amides is 1. The van der Waals surface area contributed by atoms with Crippen LogP contribution in [-0.2, 0) is 11.3 Å². The Morgan fingerprint density at radius 2 is 1.96 bits per heavy atom. The molecule has 8 nitrogen and oxygen atoms in total. The van der Waals surface area contributed by atoms with Crippen LogP contribution in [0.5, 0.6) is 0 Å². The molecule has 1 fully saturated rings. The molecule has 1 aliphatic heterocycles. The summed E-state index contributed by atoms with van der Waals surface area (Å²) in [6.07, 6.45) is 3.64. The van der Waals surface area contributed by atoms with Crippen molar-refractivity contribution < 1.29 is 9.53 Å². The SMILES string of the molecule is CCNC(=NCCn1cc(C)cn1)N1CCN(C(=O)OCC)CC1.I. The van der Waals surface area contributed by atoms with E-state index < -0.39 is 0 Å². The summed E-state index contributed by atoms with van der Waals surface area (Å²) in [5.74, 6) is 0.893. The maximum Gasteiger partial charge on any atom is 0.409 e. The quantitative estimate of drug-likeness (QED) is 0.407. The van der Waals surface area contributed by atoms with Crippen LogP contribution < -0.4 is 5.32 Å². The average molecular weight is 464 g/mol. The van der Waals surface area contributed by atoms with Crippen LogP contribution in [0.3, 0.4) is 0 Å². The Morgan fingerprint density at radius 1 is 1.28 bits per heavy atom.